The van der Waals surface area contributed by atoms with Crippen LogP contribution in [-0.4, -0.2) is 73.7 Å². The lowest BCUT2D eigenvalue weighted by molar-refractivity contribution is -0.139. The van der Waals surface area contributed by atoms with E-state index >= 15 is 0 Å². The van der Waals surface area contributed by atoms with Crippen LogP contribution in [0.3, 0.4) is 0 Å². The van der Waals surface area contributed by atoms with Gasteiger partial charge in [0.05, 0.1) is 10.9 Å². The summed E-state index contributed by atoms with van der Waals surface area (Å²) in [5, 5.41) is 0. The highest BCUT2D eigenvalue weighted by molar-refractivity contribution is 7.89. The van der Waals surface area contributed by atoms with E-state index < -0.39 is 10.0 Å². The molecule has 0 N–H and O–H groups in total. The summed E-state index contributed by atoms with van der Waals surface area (Å²) in [5.74, 6) is 1.25. The maximum Gasteiger partial charge on any atom is 0.243 e. The number of likely N-dealkylation sites (tertiary alicyclic amines) is 1. The molecule has 150 valence electrons. The maximum atomic E-state index is 12.9. The molecule has 27 heavy (non-hydrogen) atoms. The van der Waals surface area contributed by atoms with Crippen molar-refractivity contribution in [2.75, 3.05) is 39.3 Å². The van der Waals surface area contributed by atoms with Gasteiger partial charge in [-0.25, -0.2) is 8.42 Å². The van der Waals surface area contributed by atoms with Crippen LogP contribution in [0, 0.1) is 11.8 Å². The van der Waals surface area contributed by atoms with Gasteiger partial charge >= 0.3 is 0 Å². The molecule has 7 heteroatoms. The van der Waals surface area contributed by atoms with Gasteiger partial charge in [0.15, 0.2) is 0 Å². The zero-order chi connectivity index (χ0) is 19.6. The standard InChI is InChI=1S/C20H31N3O3S/c1-16-13-17(2)15-22(14-16)20(24)18(3)21-9-11-23(12-10-21)27(25,26)19-7-5-4-6-8-19/h4-8,16-18H,9-15H2,1-3H3/t16-,17+,18-/m1/s1. The molecule has 6 nitrogen and oxygen atoms in total. The Morgan fingerprint density at radius 1 is 1.00 bits per heavy atom. The number of carbonyl (C=O) groups excluding carboxylic acids is 1. The Kier molecular flexibility index (Phi) is 6.23. The Balaban J connectivity index is 1.59. The largest absolute Gasteiger partial charge is 0.341 e. The van der Waals surface area contributed by atoms with Crippen molar-refractivity contribution in [2.24, 2.45) is 11.8 Å². The quantitative estimate of drug-likeness (QED) is 0.784. The van der Waals surface area contributed by atoms with Crippen LogP contribution >= 0.6 is 0 Å². The van der Waals surface area contributed by atoms with Crippen LogP contribution in [0.4, 0.5) is 0 Å². The van der Waals surface area contributed by atoms with Crippen LogP contribution < -0.4 is 0 Å². The number of piperidine rings is 1. The zero-order valence-corrected chi connectivity index (χ0v) is 17.4. The van der Waals surface area contributed by atoms with Crippen LogP contribution in [0.15, 0.2) is 35.2 Å². The normalized spacial score (nSPS) is 26.7. The number of piperazine rings is 1. The third-order valence-electron chi connectivity index (χ3n) is 5.74. The van der Waals surface area contributed by atoms with E-state index in [-0.39, 0.29) is 11.9 Å². The highest BCUT2D eigenvalue weighted by Gasteiger charge is 2.34. The number of rotatable bonds is 4. The number of hydrogen-bond donors (Lipinski definition) is 0. The van der Waals surface area contributed by atoms with E-state index in [2.05, 4.69) is 18.7 Å². The third-order valence-corrected chi connectivity index (χ3v) is 7.65. The van der Waals surface area contributed by atoms with E-state index in [1.165, 1.54) is 10.7 Å². The van der Waals surface area contributed by atoms with Crippen molar-refractivity contribution >= 4 is 15.9 Å². The first kappa shape index (κ1) is 20.3. The molecular weight excluding hydrogens is 362 g/mol. The maximum absolute atomic E-state index is 12.9. The summed E-state index contributed by atoms with van der Waals surface area (Å²) >= 11 is 0. The second kappa shape index (κ2) is 8.29. The SMILES string of the molecule is C[C@@H]1C[C@H](C)CN(C(=O)[C@@H](C)N2CCN(S(=O)(=O)c3ccccc3)CC2)C1. The second-order valence-corrected chi connectivity index (χ2v) is 10.1. The molecule has 1 aromatic carbocycles. The van der Waals surface area contributed by atoms with Gasteiger partial charge in [0.1, 0.15) is 0 Å². The van der Waals surface area contributed by atoms with E-state index in [1.807, 2.05) is 17.9 Å². The van der Waals surface area contributed by atoms with E-state index in [9.17, 15) is 13.2 Å². The number of sulfonamides is 1. The average molecular weight is 394 g/mol. The topological polar surface area (TPSA) is 60.9 Å². The highest BCUT2D eigenvalue weighted by atomic mass is 32.2. The number of carbonyl (C=O) groups is 1. The highest BCUT2D eigenvalue weighted by Crippen LogP contribution is 2.23. The molecule has 0 bridgehead atoms. The summed E-state index contributed by atoms with van der Waals surface area (Å²) in [7, 11) is -3.46. The predicted molar refractivity (Wildman–Crippen MR) is 106 cm³/mol. The fraction of sp³-hybridized carbons (Fsp3) is 0.650. The van der Waals surface area contributed by atoms with Crippen LogP contribution in [-0.2, 0) is 14.8 Å². The van der Waals surface area contributed by atoms with E-state index in [0.29, 0.717) is 42.9 Å². The number of nitrogens with zero attached hydrogens (tertiary/aromatic N) is 3. The molecule has 0 spiro atoms. The van der Waals surface area contributed by atoms with Crippen LogP contribution in [0.2, 0.25) is 0 Å². The first-order chi connectivity index (χ1) is 12.8. The summed E-state index contributed by atoms with van der Waals surface area (Å²) in [6.07, 6.45) is 1.17. The Bertz CT molecular complexity index is 735. The Morgan fingerprint density at radius 2 is 1.56 bits per heavy atom. The molecular formula is C20H31N3O3S. The molecule has 2 fully saturated rings. The fourth-order valence-corrected chi connectivity index (χ4v) is 5.78. The molecule has 2 saturated heterocycles. The Labute approximate surface area is 163 Å². The molecule has 0 aromatic heterocycles. The fourth-order valence-electron chi connectivity index (χ4n) is 4.34. The summed E-state index contributed by atoms with van der Waals surface area (Å²) < 4.78 is 27.0. The summed E-state index contributed by atoms with van der Waals surface area (Å²) in [5.41, 5.74) is 0. The van der Waals surface area contributed by atoms with Gasteiger partial charge in [-0.05, 0) is 37.3 Å². The van der Waals surface area contributed by atoms with Crippen molar-refractivity contribution < 1.29 is 13.2 Å². The molecule has 3 rings (SSSR count). The minimum absolute atomic E-state index is 0.174. The molecule has 0 saturated carbocycles. The van der Waals surface area contributed by atoms with Crippen molar-refractivity contribution in [3.63, 3.8) is 0 Å². The van der Waals surface area contributed by atoms with Gasteiger partial charge in [0.25, 0.3) is 0 Å². The zero-order valence-electron chi connectivity index (χ0n) is 16.5. The Hall–Kier alpha value is -1.44. The average Bonchev–Trinajstić information content (AvgIpc) is 2.67. The molecule has 2 aliphatic heterocycles. The van der Waals surface area contributed by atoms with Crippen molar-refractivity contribution in [2.45, 2.75) is 38.1 Å². The molecule has 1 aromatic rings. The van der Waals surface area contributed by atoms with Crippen LogP contribution in [0.5, 0.6) is 0 Å². The van der Waals surface area contributed by atoms with Gasteiger partial charge in [-0.2, -0.15) is 4.31 Å². The van der Waals surface area contributed by atoms with E-state index in [1.54, 1.807) is 24.3 Å². The van der Waals surface area contributed by atoms with Crippen molar-refractivity contribution in [3.05, 3.63) is 30.3 Å². The predicted octanol–water partition coefficient (Wildman–Crippen LogP) is 1.89. The van der Waals surface area contributed by atoms with E-state index in [0.717, 1.165) is 13.1 Å². The van der Waals surface area contributed by atoms with Crippen molar-refractivity contribution in [1.29, 1.82) is 0 Å². The second-order valence-electron chi connectivity index (χ2n) is 8.12. The molecule has 3 atom stereocenters. The molecule has 2 aliphatic rings. The molecule has 1 amide bonds. The lowest BCUT2D eigenvalue weighted by Gasteiger charge is -2.41. The first-order valence-corrected chi connectivity index (χ1v) is 11.3. The van der Waals surface area contributed by atoms with Gasteiger partial charge in [-0.1, -0.05) is 32.0 Å². The smallest absolute Gasteiger partial charge is 0.243 e. The molecule has 0 radical (unpaired) electrons. The molecule has 0 unspecified atom stereocenters. The number of hydrogen-bond acceptors (Lipinski definition) is 4. The van der Waals surface area contributed by atoms with Gasteiger partial charge in [0.2, 0.25) is 15.9 Å². The molecule has 2 heterocycles. The molecule has 0 aliphatic carbocycles. The summed E-state index contributed by atoms with van der Waals surface area (Å²) in [4.78, 5) is 17.4. The van der Waals surface area contributed by atoms with Gasteiger partial charge in [-0.3, -0.25) is 9.69 Å². The minimum Gasteiger partial charge on any atom is -0.341 e. The summed E-state index contributed by atoms with van der Waals surface area (Å²) in [6.45, 7) is 10.0. The van der Waals surface area contributed by atoms with E-state index in [4.69, 9.17) is 0 Å². The minimum atomic E-state index is -3.46. The third kappa shape index (κ3) is 4.52. The lowest BCUT2D eigenvalue weighted by Crippen LogP contribution is -2.56. The van der Waals surface area contributed by atoms with Gasteiger partial charge < -0.3 is 4.90 Å². The van der Waals surface area contributed by atoms with Crippen LogP contribution in [0.1, 0.15) is 27.2 Å². The monoisotopic (exact) mass is 393 g/mol. The first-order valence-electron chi connectivity index (χ1n) is 9.87. The lowest BCUT2D eigenvalue weighted by atomic mass is 9.91. The van der Waals surface area contributed by atoms with Gasteiger partial charge in [0, 0.05) is 39.3 Å². The summed E-state index contributed by atoms with van der Waals surface area (Å²) in [6, 6.07) is 8.35. The van der Waals surface area contributed by atoms with Crippen molar-refractivity contribution in [1.82, 2.24) is 14.1 Å². The van der Waals surface area contributed by atoms with Crippen molar-refractivity contribution in [3.8, 4) is 0 Å². The Morgan fingerprint density at radius 3 is 2.11 bits per heavy atom. The number of benzene rings is 1. The van der Waals surface area contributed by atoms with Gasteiger partial charge in [-0.15, -0.1) is 0 Å². The number of amides is 1. The van der Waals surface area contributed by atoms with Crippen LogP contribution in [0.25, 0.3) is 0 Å².